The lowest BCUT2D eigenvalue weighted by molar-refractivity contribution is -0.130. The van der Waals surface area contributed by atoms with Crippen molar-refractivity contribution in [2.75, 3.05) is 5.32 Å². The largest absolute Gasteiger partial charge is 0.478 e. The van der Waals surface area contributed by atoms with E-state index in [1.54, 1.807) is 43.3 Å². The Hall–Kier alpha value is -2.89. The summed E-state index contributed by atoms with van der Waals surface area (Å²) in [5, 5.41) is 5.51. The summed E-state index contributed by atoms with van der Waals surface area (Å²) < 4.78 is 18.5. The number of carbonyl (C=O) groups is 2. The van der Waals surface area contributed by atoms with Gasteiger partial charge in [0, 0.05) is 0 Å². The standard InChI is InChI=1S/C18H17FN2O3/c1-11(12-6-8-13(19)9-7-12)20-17(22)10-16-18(23)21-14-4-2-3-5-15(14)24-16/h2-9,11,16H,10H2,1H3,(H,20,22)(H,21,23)/t11-,16-/m1/s1. The highest BCUT2D eigenvalue weighted by Crippen LogP contribution is 2.29. The van der Waals surface area contributed by atoms with Gasteiger partial charge in [0.1, 0.15) is 11.6 Å². The first-order valence-corrected chi connectivity index (χ1v) is 7.64. The third-order valence-corrected chi connectivity index (χ3v) is 3.82. The molecule has 0 fully saturated rings. The van der Waals surface area contributed by atoms with Crippen LogP contribution in [0.3, 0.4) is 0 Å². The van der Waals surface area contributed by atoms with Gasteiger partial charge < -0.3 is 15.4 Å². The minimum atomic E-state index is -0.875. The molecule has 1 heterocycles. The molecule has 3 rings (SSSR count). The van der Waals surface area contributed by atoms with Crippen molar-refractivity contribution in [1.82, 2.24) is 5.32 Å². The highest BCUT2D eigenvalue weighted by molar-refractivity contribution is 5.99. The van der Waals surface area contributed by atoms with Crippen molar-refractivity contribution in [3.63, 3.8) is 0 Å². The normalized spacial score (nSPS) is 17.2. The monoisotopic (exact) mass is 328 g/mol. The zero-order valence-electron chi connectivity index (χ0n) is 13.1. The van der Waals surface area contributed by atoms with Gasteiger partial charge in [-0.15, -0.1) is 0 Å². The van der Waals surface area contributed by atoms with Gasteiger partial charge in [0.2, 0.25) is 5.91 Å². The molecule has 1 aliphatic rings. The van der Waals surface area contributed by atoms with E-state index < -0.39 is 6.10 Å². The number of amides is 2. The maximum Gasteiger partial charge on any atom is 0.266 e. The molecule has 5 nitrogen and oxygen atoms in total. The zero-order chi connectivity index (χ0) is 17.1. The summed E-state index contributed by atoms with van der Waals surface area (Å²) in [5.74, 6) is -0.450. The Labute approximate surface area is 138 Å². The number of benzene rings is 2. The second-order valence-electron chi connectivity index (χ2n) is 5.64. The van der Waals surface area contributed by atoms with Gasteiger partial charge in [0.25, 0.3) is 5.91 Å². The summed E-state index contributed by atoms with van der Waals surface area (Å²) in [5.41, 5.74) is 1.38. The van der Waals surface area contributed by atoms with Gasteiger partial charge in [0.15, 0.2) is 6.10 Å². The number of halogens is 1. The van der Waals surface area contributed by atoms with Crippen molar-refractivity contribution in [1.29, 1.82) is 0 Å². The molecule has 2 aromatic rings. The third kappa shape index (κ3) is 3.53. The van der Waals surface area contributed by atoms with E-state index in [1.165, 1.54) is 12.1 Å². The molecule has 1 aliphatic heterocycles. The molecule has 2 amide bonds. The smallest absolute Gasteiger partial charge is 0.266 e. The third-order valence-electron chi connectivity index (χ3n) is 3.82. The van der Waals surface area contributed by atoms with Gasteiger partial charge in [-0.05, 0) is 36.8 Å². The summed E-state index contributed by atoms with van der Waals surface area (Å²) in [4.78, 5) is 24.2. The molecule has 24 heavy (non-hydrogen) atoms. The predicted molar refractivity (Wildman–Crippen MR) is 87.1 cm³/mol. The molecule has 124 valence electrons. The van der Waals surface area contributed by atoms with Crippen molar-refractivity contribution in [2.24, 2.45) is 0 Å². The first-order chi connectivity index (χ1) is 11.5. The second-order valence-corrected chi connectivity index (χ2v) is 5.64. The minimum absolute atomic E-state index is 0.0916. The number of fused-ring (bicyclic) bond motifs is 1. The van der Waals surface area contributed by atoms with Gasteiger partial charge >= 0.3 is 0 Å². The van der Waals surface area contributed by atoms with Crippen LogP contribution in [0.4, 0.5) is 10.1 Å². The minimum Gasteiger partial charge on any atom is -0.478 e. The molecule has 0 saturated carbocycles. The molecule has 2 N–H and O–H groups in total. The Kier molecular flexibility index (Phi) is 4.46. The Balaban J connectivity index is 1.61. The van der Waals surface area contributed by atoms with Crippen LogP contribution < -0.4 is 15.4 Å². The lowest BCUT2D eigenvalue weighted by Crippen LogP contribution is -2.41. The Bertz CT molecular complexity index is 761. The molecule has 0 radical (unpaired) electrons. The van der Waals surface area contributed by atoms with Crippen molar-refractivity contribution in [3.05, 3.63) is 59.9 Å². The van der Waals surface area contributed by atoms with E-state index in [-0.39, 0.29) is 30.1 Å². The average molecular weight is 328 g/mol. The van der Waals surface area contributed by atoms with E-state index in [4.69, 9.17) is 4.74 Å². The molecule has 0 saturated heterocycles. The van der Waals surface area contributed by atoms with Crippen LogP contribution in [-0.2, 0) is 9.59 Å². The average Bonchev–Trinajstić information content (AvgIpc) is 2.56. The Morgan fingerprint density at radius 2 is 1.96 bits per heavy atom. The first kappa shape index (κ1) is 16.0. The highest BCUT2D eigenvalue weighted by Gasteiger charge is 2.29. The number of carbonyl (C=O) groups excluding carboxylic acids is 2. The van der Waals surface area contributed by atoms with Gasteiger partial charge in [-0.25, -0.2) is 4.39 Å². The van der Waals surface area contributed by atoms with Crippen molar-refractivity contribution >= 4 is 17.5 Å². The van der Waals surface area contributed by atoms with E-state index in [1.807, 2.05) is 0 Å². The van der Waals surface area contributed by atoms with Crippen LogP contribution in [0, 0.1) is 5.82 Å². The topological polar surface area (TPSA) is 67.4 Å². The molecule has 0 bridgehead atoms. The fraction of sp³-hybridized carbons (Fsp3) is 0.222. The van der Waals surface area contributed by atoms with Gasteiger partial charge in [0.05, 0.1) is 18.2 Å². The van der Waals surface area contributed by atoms with Crippen LogP contribution in [0.5, 0.6) is 5.75 Å². The van der Waals surface area contributed by atoms with Crippen molar-refractivity contribution < 1.29 is 18.7 Å². The lowest BCUT2D eigenvalue weighted by atomic mass is 10.1. The van der Waals surface area contributed by atoms with E-state index in [0.29, 0.717) is 11.4 Å². The van der Waals surface area contributed by atoms with Gasteiger partial charge in [-0.2, -0.15) is 0 Å². The maximum atomic E-state index is 12.9. The summed E-state index contributed by atoms with van der Waals surface area (Å²) in [7, 11) is 0. The van der Waals surface area contributed by atoms with Crippen LogP contribution in [-0.4, -0.2) is 17.9 Å². The fourth-order valence-electron chi connectivity index (χ4n) is 2.53. The number of para-hydroxylation sites is 2. The number of nitrogens with one attached hydrogen (secondary N) is 2. The number of ether oxygens (including phenoxy) is 1. The summed E-state index contributed by atoms with van der Waals surface area (Å²) >= 11 is 0. The molecule has 0 aliphatic carbocycles. The predicted octanol–water partition coefficient (Wildman–Crippen LogP) is 2.79. The molecular weight excluding hydrogens is 311 g/mol. The molecule has 0 unspecified atom stereocenters. The van der Waals surface area contributed by atoms with E-state index in [9.17, 15) is 14.0 Å². The summed E-state index contributed by atoms with van der Waals surface area (Å²) in [6.45, 7) is 1.79. The lowest BCUT2D eigenvalue weighted by Gasteiger charge is -2.25. The highest BCUT2D eigenvalue weighted by atomic mass is 19.1. The molecular formula is C18H17FN2O3. The van der Waals surface area contributed by atoms with Crippen molar-refractivity contribution in [3.8, 4) is 5.75 Å². The van der Waals surface area contributed by atoms with E-state index in [2.05, 4.69) is 10.6 Å². The molecule has 0 spiro atoms. The van der Waals surface area contributed by atoms with Gasteiger partial charge in [-0.1, -0.05) is 24.3 Å². The quantitative estimate of drug-likeness (QED) is 0.907. The first-order valence-electron chi connectivity index (χ1n) is 7.64. The molecule has 6 heteroatoms. The Morgan fingerprint density at radius 1 is 1.25 bits per heavy atom. The SMILES string of the molecule is C[C@@H](NC(=O)C[C@H]1Oc2ccccc2NC1=O)c1ccc(F)cc1. The molecule has 0 aromatic heterocycles. The van der Waals surface area contributed by atoms with E-state index >= 15 is 0 Å². The van der Waals surface area contributed by atoms with Crippen molar-refractivity contribution in [2.45, 2.75) is 25.5 Å². The van der Waals surface area contributed by atoms with Crippen LogP contribution in [0.2, 0.25) is 0 Å². The molecule has 2 aromatic carbocycles. The second kappa shape index (κ2) is 6.70. The van der Waals surface area contributed by atoms with Crippen LogP contribution in [0.1, 0.15) is 24.9 Å². The fourth-order valence-corrected chi connectivity index (χ4v) is 2.53. The maximum absolute atomic E-state index is 12.9. The van der Waals surface area contributed by atoms with E-state index in [0.717, 1.165) is 5.56 Å². The van der Waals surface area contributed by atoms with Crippen LogP contribution >= 0.6 is 0 Å². The number of anilines is 1. The zero-order valence-corrected chi connectivity index (χ0v) is 13.1. The number of rotatable bonds is 4. The van der Waals surface area contributed by atoms with Gasteiger partial charge in [-0.3, -0.25) is 9.59 Å². The van der Waals surface area contributed by atoms with Crippen LogP contribution in [0.15, 0.2) is 48.5 Å². The summed E-state index contributed by atoms with van der Waals surface area (Å²) in [6, 6.07) is 12.7. The summed E-state index contributed by atoms with van der Waals surface area (Å²) in [6.07, 6.45) is -0.966. The van der Waals surface area contributed by atoms with Crippen LogP contribution in [0.25, 0.3) is 0 Å². The number of hydrogen-bond donors (Lipinski definition) is 2. The Morgan fingerprint density at radius 3 is 2.71 bits per heavy atom. The molecule has 2 atom stereocenters. The number of hydrogen-bond acceptors (Lipinski definition) is 3.